The van der Waals surface area contributed by atoms with E-state index in [4.69, 9.17) is 11.6 Å². The minimum atomic E-state index is -0.615. The van der Waals surface area contributed by atoms with Crippen LogP contribution in [-0.4, -0.2) is 24.7 Å². The van der Waals surface area contributed by atoms with Gasteiger partial charge in [0.1, 0.15) is 0 Å². The highest BCUT2D eigenvalue weighted by Gasteiger charge is 2.17. The molecule has 0 radical (unpaired) electrons. The molecule has 0 aliphatic heterocycles. The summed E-state index contributed by atoms with van der Waals surface area (Å²) in [7, 11) is 3.64. The van der Waals surface area contributed by atoms with E-state index in [1.54, 1.807) is 21.8 Å². The molecule has 0 aliphatic carbocycles. The summed E-state index contributed by atoms with van der Waals surface area (Å²) in [6.45, 7) is 1.85. The normalized spacial score (nSPS) is 13.0. The largest absolute Gasteiger partial charge is 0.388 e. The Labute approximate surface area is 105 Å². The van der Waals surface area contributed by atoms with Crippen molar-refractivity contribution in [1.29, 1.82) is 0 Å². The van der Waals surface area contributed by atoms with Gasteiger partial charge in [-0.15, -0.1) is 0 Å². The smallest absolute Gasteiger partial charge is 0.0876 e. The minimum Gasteiger partial charge on any atom is -0.388 e. The van der Waals surface area contributed by atoms with E-state index >= 15 is 0 Å². The fourth-order valence-corrected chi connectivity index (χ4v) is 2.05. The van der Waals surface area contributed by atoms with Crippen LogP contribution in [0.25, 0.3) is 0 Å². The molecular weight excluding hydrogens is 240 g/mol. The Morgan fingerprint density at radius 2 is 2.18 bits per heavy atom. The number of nitrogens with zero attached hydrogens (tertiary/aromatic N) is 4. The van der Waals surface area contributed by atoms with Gasteiger partial charge in [0, 0.05) is 32.3 Å². The van der Waals surface area contributed by atoms with E-state index in [0.29, 0.717) is 11.4 Å². The Morgan fingerprint density at radius 1 is 1.47 bits per heavy atom. The van der Waals surface area contributed by atoms with E-state index in [1.165, 1.54) is 0 Å². The zero-order valence-electron chi connectivity index (χ0n) is 10.1. The van der Waals surface area contributed by atoms with Crippen LogP contribution in [-0.2, 0) is 20.5 Å². The first-order chi connectivity index (χ1) is 7.99. The van der Waals surface area contributed by atoms with Crippen LogP contribution < -0.4 is 0 Å². The molecule has 5 nitrogen and oxygen atoms in total. The summed E-state index contributed by atoms with van der Waals surface area (Å²) >= 11 is 6.14. The number of aryl methyl sites for hydroxylation is 3. The SMILES string of the molecule is Cc1nn(C)c(CC(O)c2cnn(C)c2)c1Cl. The minimum absolute atomic E-state index is 0.432. The van der Waals surface area contributed by atoms with E-state index < -0.39 is 6.10 Å². The number of aliphatic hydroxyl groups is 1. The monoisotopic (exact) mass is 254 g/mol. The third-order valence-electron chi connectivity index (χ3n) is 2.76. The zero-order valence-corrected chi connectivity index (χ0v) is 10.8. The number of rotatable bonds is 3. The molecular formula is C11H15ClN4O. The molecule has 17 heavy (non-hydrogen) atoms. The lowest BCUT2D eigenvalue weighted by Gasteiger charge is -2.08. The molecule has 0 spiro atoms. The molecule has 2 heterocycles. The van der Waals surface area contributed by atoms with Gasteiger partial charge in [-0.2, -0.15) is 10.2 Å². The summed E-state index contributed by atoms with van der Waals surface area (Å²) in [6, 6.07) is 0. The molecule has 0 aliphatic rings. The standard InChI is InChI=1S/C11H15ClN4O/c1-7-11(12)9(16(3)14-7)4-10(17)8-5-13-15(2)6-8/h5-6,10,17H,4H2,1-3H3. The van der Waals surface area contributed by atoms with E-state index in [9.17, 15) is 5.11 Å². The Balaban J connectivity index is 2.21. The van der Waals surface area contributed by atoms with E-state index in [2.05, 4.69) is 10.2 Å². The Hall–Kier alpha value is -1.33. The first kappa shape index (κ1) is 12.1. The molecule has 2 aromatic rings. The van der Waals surface area contributed by atoms with Crippen molar-refractivity contribution in [3.05, 3.63) is 34.4 Å². The highest BCUT2D eigenvalue weighted by atomic mass is 35.5. The fourth-order valence-electron chi connectivity index (χ4n) is 1.82. The van der Waals surface area contributed by atoms with Crippen molar-refractivity contribution in [2.45, 2.75) is 19.4 Å². The van der Waals surface area contributed by atoms with Crippen molar-refractivity contribution in [1.82, 2.24) is 19.6 Å². The molecule has 0 saturated carbocycles. The van der Waals surface area contributed by atoms with Crippen molar-refractivity contribution >= 4 is 11.6 Å². The Bertz CT molecular complexity index is 532. The van der Waals surface area contributed by atoms with Gasteiger partial charge in [-0.25, -0.2) is 0 Å². The van der Waals surface area contributed by atoms with Gasteiger partial charge in [0.25, 0.3) is 0 Å². The van der Waals surface area contributed by atoms with Gasteiger partial charge < -0.3 is 5.11 Å². The predicted octanol–water partition coefficient (Wildman–Crippen LogP) is 1.39. The van der Waals surface area contributed by atoms with Crippen LogP contribution in [0.5, 0.6) is 0 Å². The van der Waals surface area contributed by atoms with Crippen molar-refractivity contribution in [3.8, 4) is 0 Å². The second-order valence-corrected chi connectivity index (χ2v) is 4.51. The molecule has 0 saturated heterocycles. The fraction of sp³-hybridized carbons (Fsp3) is 0.455. The molecule has 0 aromatic carbocycles. The maximum absolute atomic E-state index is 10.1. The molecule has 1 unspecified atom stereocenters. The third-order valence-corrected chi connectivity index (χ3v) is 3.25. The van der Waals surface area contributed by atoms with Gasteiger partial charge in [0.05, 0.1) is 28.7 Å². The molecule has 1 N–H and O–H groups in total. The molecule has 2 rings (SSSR count). The van der Waals surface area contributed by atoms with Crippen molar-refractivity contribution in [2.24, 2.45) is 14.1 Å². The Morgan fingerprint density at radius 3 is 2.65 bits per heavy atom. The van der Waals surface area contributed by atoms with Crippen LogP contribution in [0.3, 0.4) is 0 Å². The van der Waals surface area contributed by atoms with Crippen LogP contribution in [0.1, 0.15) is 23.1 Å². The summed E-state index contributed by atoms with van der Waals surface area (Å²) < 4.78 is 3.37. The van der Waals surface area contributed by atoms with Gasteiger partial charge in [0.2, 0.25) is 0 Å². The van der Waals surface area contributed by atoms with Crippen molar-refractivity contribution < 1.29 is 5.11 Å². The maximum Gasteiger partial charge on any atom is 0.0876 e. The highest BCUT2D eigenvalue weighted by Crippen LogP contribution is 2.25. The molecule has 6 heteroatoms. The van der Waals surface area contributed by atoms with Crippen molar-refractivity contribution in [3.63, 3.8) is 0 Å². The van der Waals surface area contributed by atoms with Crippen LogP contribution >= 0.6 is 11.6 Å². The highest BCUT2D eigenvalue weighted by molar-refractivity contribution is 6.31. The van der Waals surface area contributed by atoms with E-state index in [0.717, 1.165) is 17.0 Å². The lowest BCUT2D eigenvalue weighted by atomic mass is 10.1. The quantitative estimate of drug-likeness (QED) is 0.901. The van der Waals surface area contributed by atoms with Gasteiger partial charge in [-0.05, 0) is 6.92 Å². The second kappa shape index (κ2) is 4.50. The lowest BCUT2D eigenvalue weighted by molar-refractivity contribution is 0.175. The summed E-state index contributed by atoms with van der Waals surface area (Å²) in [5.41, 5.74) is 2.39. The Kier molecular flexibility index (Phi) is 3.22. The second-order valence-electron chi connectivity index (χ2n) is 4.14. The molecule has 0 bridgehead atoms. The van der Waals surface area contributed by atoms with Gasteiger partial charge in [-0.3, -0.25) is 9.36 Å². The number of hydrogen-bond donors (Lipinski definition) is 1. The maximum atomic E-state index is 10.1. The third kappa shape index (κ3) is 2.35. The molecule has 1 atom stereocenters. The number of aromatic nitrogens is 4. The number of halogens is 1. The van der Waals surface area contributed by atoms with Crippen molar-refractivity contribution in [2.75, 3.05) is 0 Å². The summed E-state index contributed by atoms with van der Waals surface area (Å²) in [4.78, 5) is 0. The van der Waals surface area contributed by atoms with Gasteiger partial charge in [-0.1, -0.05) is 11.6 Å². The molecule has 2 aromatic heterocycles. The zero-order chi connectivity index (χ0) is 12.6. The lowest BCUT2D eigenvalue weighted by Crippen LogP contribution is -2.06. The van der Waals surface area contributed by atoms with E-state index in [1.807, 2.05) is 21.0 Å². The van der Waals surface area contributed by atoms with Gasteiger partial charge >= 0.3 is 0 Å². The van der Waals surface area contributed by atoms with E-state index in [-0.39, 0.29) is 0 Å². The van der Waals surface area contributed by atoms with Crippen LogP contribution in [0.2, 0.25) is 5.02 Å². The van der Waals surface area contributed by atoms with Crippen LogP contribution in [0.15, 0.2) is 12.4 Å². The van der Waals surface area contributed by atoms with Crippen LogP contribution in [0, 0.1) is 6.92 Å². The summed E-state index contributed by atoms with van der Waals surface area (Å²) in [5, 5.41) is 19.0. The molecule has 0 fully saturated rings. The first-order valence-corrected chi connectivity index (χ1v) is 5.71. The van der Waals surface area contributed by atoms with Gasteiger partial charge in [0.15, 0.2) is 0 Å². The topological polar surface area (TPSA) is 55.9 Å². The summed E-state index contributed by atoms with van der Waals surface area (Å²) in [6.07, 6.45) is 3.27. The predicted molar refractivity (Wildman–Crippen MR) is 64.8 cm³/mol. The average Bonchev–Trinajstić information content (AvgIpc) is 2.79. The number of aliphatic hydroxyl groups excluding tert-OH is 1. The molecule has 0 amide bonds. The average molecular weight is 255 g/mol. The van der Waals surface area contributed by atoms with Crippen LogP contribution in [0.4, 0.5) is 0 Å². The first-order valence-electron chi connectivity index (χ1n) is 5.33. The summed E-state index contributed by atoms with van der Waals surface area (Å²) in [5.74, 6) is 0. The number of hydrogen-bond acceptors (Lipinski definition) is 3. The molecule has 92 valence electrons.